The van der Waals surface area contributed by atoms with Gasteiger partial charge in [-0.05, 0) is 43.1 Å². The van der Waals surface area contributed by atoms with Gasteiger partial charge in [0.05, 0.1) is 5.52 Å². The Balaban J connectivity index is 1.83. The van der Waals surface area contributed by atoms with Crippen LogP contribution in [0.1, 0.15) is 19.3 Å². The van der Waals surface area contributed by atoms with Gasteiger partial charge < -0.3 is 4.90 Å². The summed E-state index contributed by atoms with van der Waals surface area (Å²) in [6.45, 7) is 2.15. The van der Waals surface area contributed by atoms with Crippen LogP contribution in [0.2, 0.25) is 0 Å². The molecule has 0 aliphatic carbocycles. The van der Waals surface area contributed by atoms with E-state index in [-0.39, 0.29) is 0 Å². The van der Waals surface area contributed by atoms with Crippen LogP contribution in [0.4, 0.5) is 0 Å². The lowest BCUT2D eigenvalue weighted by atomic mass is 10.1. The first-order valence-corrected chi connectivity index (χ1v) is 8.70. The number of hydrogen-bond acceptors (Lipinski definition) is 1. The Hall–Kier alpha value is -2.13. The monoisotopic (exact) mass is 320 g/mol. The number of para-hydroxylation sites is 1. The molecule has 0 bridgehead atoms. The van der Waals surface area contributed by atoms with Gasteiger partial charge >= 0.3 is 0 Å². The summed E-state index contributed by atoms with van der Waals surface area (Å²) >= 11 is 5.82. The molecule has 2 aromatic carbocycles. The van der Waals surface area contributed by atoms with Crippen molar-refractivity contribution in [3.8, 4) is 11.1 Å². The summed E-state index contributed by atoms with van der Waals surface area (Å²) < 4.78 is 2.19. The Morgan fingerprint density at radius 1 is 0.826 bits per heavy atom. The highest BCUT2D eigenvalue weighted by Gasteiger charge is 2.18. The minimum Gasteiger partial charge on any atom is -0.349 e. The Morgan fingerprint density at radius 2 is 1.52 bits per heavy atom. The van der Waals surface area contributed by atoms with Gasteiger partial charge in [-0.15, -0.1) is 0 Å². The molecule has 3 heteroatoms. The first-order valence-electron chi connectivity index (χ1n) is 8.29. The Labute approximate surface area is 142 Å². The van der Waals surface area contributed by atoms with Gasteiger partial charge in [0.2, 0.25) is 0 Å². The van der Waals surface area contributed by atoms with Crippen LogP contribution in [0.5, 0.6) is 0 Å². The maximum Gasteiger partial charge on any atom is 0.180 e. The zero-order chi connectivity index (χ0) is 15.6. The molecule has 1 aliphatic rings. The van der Waals surface area contributed by atoms with Gasteiger partial charge in [0.1, 0.15) is 0 Å². The van der Waals surface area contributed by atoms with Gasteiger partial charge in [-0.1, -0.05) is 48.5 Å². The van der Waals surface area contributed by atoms with Crippen LogP contribution in [0, 0.1) is 0 Å². The van der Waals surface area contributed by atoms with Gasteiger partial charge in [-0.3, -0.25) is 4.57 Å². The largest absolute Gasteiger partial charge is 0.349 e. The van der Waals surface area contributed by atoms with E-state index in [1.807, 2.05) is 0 Å². The van der Waals surface area contributed by atoms with Crippen LogP contribution in [0.3, 0.4) is 0 Å². The number of rotatable bonds is 1. The van der Waals surface area contributed by atoms with Gasteiger partial charge in [0, 0.05) is 30.2 Å². The van der Waals surface area contributed by atoms with Crippen LogP contribution in [0.15, 0.2) is 60.8 Å². The quantitative estimate of drug-likeness (QED) is 0.588. The van der Waals surface area contributed by atoms with Crippen LogP contribution < -0.4 is 0 Å². The maximum absolute atomic E-state index is 5.82. The average molecular weight is 320 g/mol. The summed E-state index contributed by atoms with van der Waals surface area (Å²) in [7, 11) is 0. The lowest BCUT2D eigenvalue weighted by molar-refractivity contribution is 0.340. The number of likely N-dealkylation sites (tertiary alicyclic amines) is 1. The van der Waals surface area contributed by atoms with E-state index >= 15 is 0 Å². The average Bonchev–Trinajstić information content (AvgIpc) is 3.02. The van der Waals surface area contributed by atoms with E-state index in [1.165, 1.54) is 41.3 Å². The van der Waals surface area contributed by atoms with E-state index in [9.17, 15) is 0 Å². The fourth-order valence-electron chi connectivity index (χ4n) is 3.42. The van der Waals surface area contributed by atoms with Crippen molar-refractivity contribution in [1.29, 1.82) is 0 Å². The summed E-state index contributed by atoms with van der Waals surface area (Å²) in [5.41, 5.74) is 3.69. The first-order chi connectivity index (χ1) is 11.3. The van der Waals surface area contributed by atoms with Gasteiger partial charge in [0.25, 0.3) is 0 Å². The second-order valence-corrected chi connectivity index (χ2v) is 6.49. The molecule has 3 aromatic rings. The van der Waals surface area contributed by atoms with E-state index in [2.05, 4.69) is 70.3 Å². The van der Waals surface area contributed by atoms with Crippen LogP contribution in [-0.4, -0.2) is 27.7 Å². The van der Waals surface area contributed by atoms with Gasteiger partial charge in [0.15, 0.2) is 5.11 Å². The number of nitrogens with zero attached hydrogens (tertiary/aromatic N) is 2. The van der Waals surface area contributed by atoms with Crippen molar-refractivity contribution in [2.75, 3.05) is 13.1 Å². The molecule has 0 atom stereocenters. The van der Waals surface area contributed by atoms with E-state index in [0.717, 1.165) is 18.2 Å². The van der Waals surface area contributed by atoms with Crippen molar-refractivity contribution < 1.29 is 0 Å². The topological polar surface area (TPSA) is 8.17 Å². The molecule has 0 saturated carbocycles. The SMILES string of the molecule is S=C(N1CCCCC1)n1cc(-c2ccccc2)c2ccccc21. The molecule has 1 saturated heterocycles. The number of aromatic nitrogens is 1. The lowest BCUT2D eigenvalue weighted by Crippen LogP contribution is -2.38. The van der Waals surface area contributed by atoms with E-state index in [4.69, 9.17) is 12.2 Å². The standard InChI is InChI=1S/C20H20N2S/c23-20(21-13-7-2-8-14-21)22-15-18(16-9-3-1-4-10-16)17-11-5-6-12-19(17)22/h1,3-6,9-12,15H,2,7-8,13-14H2. The van der Waals surface area contributed by atoms with E-state index < -0.39 is 0 Å². The molecule has 0 amide bonds. The van der Waals surface area contributed by atoms with Crippen LogP contribution >= 0.6 is 12.2 Å². The van der Waals surface area contributed by atoms with Crippen molar-refractivity contribution >= 4 is 28.2 Å². The van der Waals surface area contributed by atoms with E-state index in [1.54, 1.807) is 0 Å². The van der Waals surface area contributed by atoms with Crippen molar-refractivity contribution in [1.82, 2.24) is 9.47 Å². The van der Waals surface area contributed by atoms with Crippen molar-refractivity contribution in [3.63, 3.8) is 0 Å². The molecule has 116 valence electrons. The molecule has 2 nitrogen and oxygen atoms in total. The number of benzene rings is 2. The maximum atomic E-state index is 5.82. The fraction of sp³-hybridized carbons (Fsp3) is 0.250. The summed E-state index contributed by atoms with van der Waals surface area (Å²) in [4.78, 5) is 2.35. The van der Waals surface area contributed by atoms with Crippen LogP contribution in [-0.2, 0) is 0 Å². The highest BCUT2D eigenvalue weighted by molar-refractivity contribution is 7.80. The second-order valence-electron chi connectivity index (χ2n) is 6.13. The highest BCUT2D eigenvalue weighted by atomic mass is 32.1. The third-order valence-electron chi connectivity index (χ3n) is 4.63. The number of piperidine rings is 1. The molecule has 2 heterocycles. The minimum atomic E-state index is 0.933. The molecule has 4 rings (SSSR count). The van der Waals surface area contributed by atoms with Crippen molar-refractivity contribution in [2.45, 2.75) is 19.3 Å². The van der Waals surface area contributed by atoms with E-state index in [0.29, 0.717) is 0 Å². The summed E-state index contributed by atoms with van der Waals surface area (Å²) in [5.74, 6) is 0. The third kappa shape index (κ3) is 2.66. The zero-order valence-electron chi connectivity index (χ0n) is 13.1. The molecule has 0 radical (unpaired) electrons. The molecule has 0 unspecified atom stereocenters. The molecular formula is C20H20N2S. The molecule has 0 spiro atoms. The Kier molecular flexibility index (Phi) is 3.88. The highest BCUT2D eigenvalue weighted by Crippen LogP contribution is 2.31. The summed E-state index contributed by atoms with van der Waals surface area (Å²) in [5, 5.41) is 2.20. The summed E-state index contributed by atoms with van der Waals surface area (Å²) in [6.07, 6.45) is 6.01. The van der Waals surface area contributed by atoms with Crippen molar-refractivity contribution in [2.24, 2.45) is 0 Å². The zero-order valence-corrected chi connectivity index (χ0v) is 13.9. The number of thiocarbonyl (C=S) groups is 1. The number of fused-ring (bicyclic) bond motifs is 1. The fourth-order valence-corrected chi connectivity index (χ4v) is 3.76. The van der Waals surface area contributed by atoms with Gasteiger partial charge in [-0.25, -0.2) is 0 Å². The first kappa shape index (κ1) is 14.5. The number of hydrogen-bond donors (Lipinski definition) is 0. The molecule has 0 N–H and O–H groups in total. The lowest BCUT2D eigenvalue weighted by Gasteiger charge is -2.29. The van der Waals surface area contributed by atoms with Crippen molar-refractivity contribution in [3.05, 3.63) is 60.8 Å². The third-order valence-corrected chi connectivity index (χ3v) is 5.08. The predicted octanol–water partition coefficient (Wildman–Crippen LogP) is 4.93. The molecule has 1 fully saturated rings. The van der Waals surface area contributed by atoms with Crippen LogP contribution in [0.25, 0.3) is 22.0 Å². The second kappa shape index (κ2) is 6.17. The predicted molar refractivity (Wildman–Crippen MR) is 101 cm³/mol. The van der Waals surface area contributed by atoms with Gasteiger partial charge in [-0.2, -0.15) is 0 Å². The molecule has 23 heavy (non-hydrogen) atoms. The molecular weight excluding hydrogens is 300 g/mol. The Bertz CT molecular complexity index is 829. The molecule has 1 aromatic heterocycles. The summed E-state index contributed by atoms with van der Waals surface area (Å²) in [6, 6.07) is 19.1. The molecule has 1 aliphatic heterocycles. The smallest absolute Gasteiger partial charge is 0.180 e. The normalized spacial score (nSPS) is 15.0. The minimum absolute atomic E-state index is 0.933. The Morgan fingerprint density at radius 3 is 2.30 bits per heavy atom.